The van der Waals surface area contributed by atoms with Gasteiger partial charge in [0, 0.05) is 6.92 Å². The lowest BCUT2D eigenvalue weighted by atomic mass is 10.2. The van der Waals surface area contributed by atoms with Gasteiger partial charge in [0.2, 0.25) is 5.91 Å². The molecule has 88 valence electrons. The van der Waals surface area contributed by atoms with Crippen LogP contribution in [-0.4, -0.2) is 24.0 Å². The molecule has 17 heavy (non-hydrogen) atoms. The van der Waals surface area contributed by atoms with Crippen LogP contribution in [0.4, 0.5) is 5.69 Å². The Morgan fingerprint density at radius 3 is 2.71 bits per heavy atom. The Hall–Kier alpha value is -2.06. The first-order valence-electron chi connectivity index (χ1n) is 4.52. The van der Waals surface area contributed by atoms with Gasteiger partial charge in [0.05, 0.1) is 17.8 Å². The lowest BCUT2D eigenvalue weighted by Crippen LogP contribution is -2.12. The lowest BCUT2D eigenvalue weighted by Gasteiger charge is -2.08. The van der Waals surface area contributed by atoms with Gasteiger partial charge in [-0.2, -0.15) is 0 Å². The third kappa shape index (κ3) is 2.95. The zero-order chi connectivity index (χ0) is 13.0. The maximum absolute atomic E-state index is 11.4. The molecule has 0 aliphatic carbocycles. The van der Waals surface area contributed by atoms with Crippen LogP contribution in [0.15, 0.2) is 6.07 Å². The minimum Gasteiger partial charge on any atom is -0.464 e. The smallest absolute Gasteiger partial charge is 0.358 e. The van der Waals surface area contributed by atoms with Gasteiger partial charge in [0.25, 0.3) is 0 Å². The van der Waals surface area contributed by atoms with Gasteiger partial charge < -0.3 is 10.1 Å². The minimum absolute atomic E-state index is 0.00829. The third-order valence-electron chi connectivity index (χ3n) is 1.80. The van der Waals surface area contributed by atoms with Gasteiger partial charge >= 0.3 is 5.97 Å². The molecule has 0 spiro atoms. The fraction of sp³-hybridized carbons (Fsp3) is 0.182. The van der Waals surface area contributed by atoms with E-state index in [4.69, 9.17) is 18.0 Å². The second-order valence-electron chi connectivity index (χ2n) is 3.03. The number of aromatic nitrogens is 1. The number of nitrogens with one attached hydrogen (secondary N) is 1. The van der Waals surface area contributed by atoms with E-state index in [1.54, 1.807) is 0 Å². The van der Waals surface area contributed by atoms with Crippen LogP contribution in [0.25, 0.3) is 0 Å². The van der Waals surface area contributed by atoms with Crippen LogP contribution in [0, 0.1) is 12.3 Å². The number of terminal acetylenes is 1. The van der Waals surface area contributed by atoms with E-state index in [-0.39, 0.29) is 28.0 Å². The van der Waals surface area contributed by atoms with Crippen LogP contribution < -0.4 is 5.32 Å². The molecule has 0 atom stereocenters. The molecule has 0 bridgehead atoms. The average Bonchev–Trinajstić information content (AvgIpc) is 2.30. The molecule has 0 saturated heterocycles. The molecule has 0 aromatic carbocycles. The van der Waals surface area contributed by atoms with Crippen molar-refractivity contribution in [2.75, 3.05) is 12.4 Å². The summed E-state index contributed by atoms with van der Waals surface area (Å²) in [6.45, 7) is 1.31. The van der Waals surface area contributed by atoms with Gasteiger partial charge in [-0.3, -0.25) is 4.79 Å². The first-order valence-corrected chi connectivity index (χ1v) is 4.90. The van der Waals surface area contributed by atoms with E-state index in [1.165, 1.54) is 20.1 Å². The monoisotopic (exact) mass is 252 g/mol. The fourth-order valence-corrected chi connectivity index (χ4v) is 1.34. The number of carbonyl (C=O) groups is 2. The number of methoxy groups -OCH3 is 1. The Bertz CT molecular complexity index is 520. The van der Waals surface area contributed by atoms with Crippen molar-refractivity contribution in [3.63, 3.8) is 0 Å². The first-order chi connectivity index (χ1) is 7.99. The van der Waals surface area contributed by atoms with E-state index in [0.717, 1.165) is 0 Å². The van der Waals surface area contributed by atoms with Crippen molar-refractivity contribution in [3.05, 3.63) is 22.5 Å². The molecule has 1 amide bonds. The Kier molecular flexibility index (Phi) is 4.07. The van der Waals surface area contributed by atoms with E-state index < -0.39 is 5.97 Å². The summed E-state index contributed by atoms with van der Waals surface area (Å²) in [6.07, 6.45) is 5.19. The molecule has 0 radical (unpaired) electrons. The van der Waals surface area contributed by atoms with Crippen LogP contribution >= 0.6 is 11.6 Å². The normalized spacial score (nSPS) is 9.29. The number of ether oxygens (including phenoxy) is 1. The highest BCUT2D eigenvalue weighted by Crippen LogP contribution is 2.26. The highest BCUT2D eigenvalue weighted by molar-refractivity contribution is 6.36. The Morgan fingerprint density at radius 2 is 2.24 bits per heavy atom. The van der Waals surface area contributed by atoms with Gasteiger partial charge in [0.15, 0.2) is 5.69 Å². The molecule has 0 fully saturated rings. The SMILES string of the molecule is C#Cc1cc(NC(C)=O)c(Cl)c(C(=O)OC)n1. The van der Waals surface area contributed by atoms with Crippen molar-refractivity contribution in [1.29, 1.82) is 0 Å². The van der Waals surface area contributed by atoms with E-state index in [2.05, 4.69) is 21.0 Å². The molecule has 0 saturated carbocycles. The number of rotatable bonds is 2. The third-order valence-corrected chi connectivity index (χ3v) is 2.18. The van der Waals surface area contributed by atoms with Crippen LogP contribution in [0.3, 0.4) is 0 Å². The maximum atomic E-state index is 11.4. The van der Waals surface area contributed by atoms with Crippen molar-refractivity contribution in [2.45, 2.75) is 6.92 Å². The number of halogens is 1. The number of esters is 1. The number of anilines is 1. The maximum Gasteiger partial charge on any atom is 0.358 e. The number of pyridine rings is 1. The topological polar surface area (TPSA) is 68.3 Å². The summed E-state index contributed by atoms with van der Waals surface area (Å²) in [5.41, 5.74) is 0.273. The van der Waals surface area contributed by atoms with E-state index in [0.29, 0.717) is 0 Å². The van der Waals surface area contributed by atoms with Crippen LogP contribution in [0.1, 0.15) is 23.1 Å². The molecule has 6 heteroatoms. The molecule has 0 aliphatic rings. The Balaban J connectivity index is 3.36. The van der Waals surface area contributed by atoms with E-state index in [9.17, 15) is 9.59 Å². The van der Waals surface area contributed by atoms with E-state index in [1.807, 2.05) is 0 Å². The molecule has 1 aromatic rings. The standard InChI is InChI=1S/C11H9ClN2O3/c1-4-7-5-8(13-6(2)15)9(12)10(14-7)11(16)17-3/h1,5H,2-3H3,(H,13,14,15). The zero-order valence-corrected chi connectivity index (χ0v) is 9.96. The van der Waals surface area contributed by atoms with Gasteiger partial charge in [0.1, 0.15) is 5.69 Å². The molecule has 5 nitrogen and oxygen atoms in total. The number of nitrogens with zero attached hydrogens (tertiary/aromatic N) is 1. The molecule has 1 rings (SSSR count). The van der Waals surface area contributed by atoms with Crippen molar-refractivity contribution >= 4 is 29.2 Å². The largest absolute Gasteiger partial charge is 0.464 e. The fourth-order valence-electron chi connectivity index (χ4n) is 1.12. The molecule has 1 N–H and O–H groups in total. The number of hydrogen-bond donors (Lipinski definition) is 1. The second-order valence-corrected chi connectivity index (χ2v) is 3.41. The summed E-state index contributed by atoms with van der Waals surface area (Å²) in [4.78, 5) is 26.2. The summed E-state index contributed by atoms with van der Waals surface area (Å²) < 4.78 is 4.51. The van der Waals surface area contributed by atoms with Crippen molar-refractivity contribution < 1.29 is 14.3 Å². The van der Waals surface area contributed by atoms with E-state index >= 15 is 0 Å². The van der Waals surface area contributed by atoms with Crippen LogP contribution in [-0.2, 0) is 9.53 Å². The predicted octanol–water partition coefficient (Wildman–Crippen LogP) is 1.46. The van der Waals surface area contributed by atoms with Crippen LogP contribution in [0.2, 0.25) is 5.02 Å². The molecular formula is C11H9ClN2O3. The van der Waals surface area contributed by atoms with Crippen molar-refractivity contribution in [1.82, 2.24) is 4.98 Å². The molecule has 1 heterocycles. The van der Waals surface area contributed by atoms with Gasteiger partial charge in [-0.15, -0.1) is 6.42 Å². The number of hydrogen-bond acceptors (Lipinski definition) is 4. The summed E-state index contributed by atoms with van der Waals surface area (Å²) >= 11 is 5.91. The van der Waals surface area contributed by atoms with Gasteiger partial charge in [-0.1, -0.05) is 17.5 Å². The second kappa shape index (κ2) is 5.32. The lowest BCUT2D eigenvalue weighted by molar-refractivity contribution is -0.114. The number of amides is 1. The highest BCUT2D eigenvalue weighted by Gasteiger charge is 2.18. The Morgan fingerprint density at radius 1 is 1.59 bits per heavy atom. The van der Waals surface area contributed by atoms with Crippen LogP contribution in [0.5, 0.6) is 0 Å². The van der Waals surface area contributed by atoms with Crippen molar-refractivity contribution in [3.8, 4) is 12.3 Å². The molecular weight excluding hydrogens is 244 g/mol. The summed E-state index contributed by atoms with van der Waals surface area (Å²) in [5, 5.41) is 2.44. The minimum atomic E-state index is -0.723. The summed E-state index contributed by atoms with van der Waals surface area (Å²) in [6, 6.07) is 1.40. The zero-order valence-electron chi connectivity index (χ0n) is 9.20. The summed E-state index contributed by atoms with van der Waals surface area (Å²) in [5.74, 6) is 1.20. The first kappa shape index (κ1) is 13.0. The molecule has 0 aliphatic heterocycles. The quantitative estimate of drug-likeness (QED) is 0.639. The van der Waals surface area contributed by atoms with Gasteiger partial charge in [-0.05, 0) is 6.07 Å². The van der Waals surface area contributed by atoms with Crippen molar-refractivity contribution in [2.24, 2.45) is 0 Å². The summed E-state index contributed by atoms with van der Waals surface area (Å²) in [7, 11) is 1.20. The highest BCUT2D eigenvalue weighted by atomic mass is 35.5. The molecule has 1 aromatic heterocycles. The number of carbonyl (C=O) groups excluding carboxylic acids is 2. The Labute approximate surface area is 103 Å². The van der Waals surface area contributed by atoms with Gasteiger partial charge in [-0.25, -0.2) is 9.78 Å². The molecule has 0 unspecified atom stereocenters. The average molecular weight is 253 g/mol. The predicted molar refractivity (Wildman–Crippen MR) is 62.8 cm³/mol.